The second-order valence-corrected chi connectivity index (χ2v) is 4.10. The molecule has 0 aromatic carbocycles. The third-order valence-corrected chi connectivity index (χ3v) is 2.72. The lowest BCUT2D eigenvalue weighted by Gasteiger charge is -2.12. The van der Waals surface area contributed by atoms with Gasteiger partial charge >= 0.3 is 0 Å². The van der Waals surface area contributed by atoms with E-state index in [0.29, 0.717) is 5.92 Å². The van der Waals surface area contributed by atoms with Gasteiger partial charge in [-0.05, 0) is 18.8 Å². The molecule has 1 aliphatic heterocycles. The van der Waals surface area contributed by atoms with Crippen LogP contribution in [0.25, 0.3) is 0 Å². The molecule has 1 heterocycles. The number of nitrogens with two attached hydrogens (primary N) is 1. The Bertz CT molecular complexity index is 278. The van der Waals surface area contributed by atoms with Crippen molar-refractivity contribution in [2.45, 2.75) is 31.3 Å². The van der Waals surface area contributed by atoms with Crippen LogP contribution in [-0.2, 0) is 14.4 Å². The summed E-state index contributed by atoms with van der Waals surface area (Å²) in [6, 6.07) is -0.640. The fraction of sp³-hybridized carbons (Fsp3) is 0.778. The summed E-state index contributed by atoms with van der Waals surface area (Å²) in [5, 5.41) is 2.59. The molecule has 2 atom stereocenters. The van der Waals surface area contributed by atoms with Gasteiger partial charge in [0.15, 0.2) is 0 Å². The minimum Gasteiger partial charge on any atom is -0.342 e. The van der Waals surface area contributed by atoms with Crippen molar-refractivity contribution < 1.29 is 14.4 Å². The minimum absolute atomic E-state index is 0.0737. The SMILES string of the molecule is NC(CC(=O)N[C@@H]1CONC1=O)C1CC1. The number of amides is 2. The summed E-state index contributed by atoms with van der Waals surface area (Å²) in [7, 11) is 0. The number of hydrogen-bond acceptors (Lipinski definition) is 4. The Kier molecular flexibility index (Phi) is 2.88. The Labute approximate surface area is 87.5 Å². The van der Waals surface area contributed by atoms with Gasteiger partial charge in [-0.25, -0.2) is 5.48 Å². The van der Waals surface area contributed by atoms with Crippen LogP contribution in [0, 0.1) is 5.92 Å². The number of carbonyl (C=O) groups excluding carboxylic acids is 2. The highest BCUT2D eigenvalue weighted by Crippen LogP contribution is 2.32. The number of hydrogen-bond donors (Lipinski definition) is 3. The van der Waals surface area contributed by atoms with E-state index in [0.717, 1.165) is 12.8 Å². The molecule has 1 saturated carbocycles. The number of nitrogens with one attached hydrogen (secondary N) is 2. The average molecular weight is 213 g/mol. The summed E-state index contributed by atoms with van der Waals surface area (Å²) >= 11 is 0. The summed E-state index contributed by atoms with van der Waals surface area (Å²) in [6.07, 6.45) is 2.51. The van der Waals surface area contributed by atoms with Crippen LogP contribution >= 0.6 is 0 Å². The van der Waals surface area contributed by atoms with Crippen LogP contribution in [0.2, 0.25) is 0 Å². The van der Waals surface area contributed by atoms with Crippen molar-refractivity contribution in [1.82, 2.24) is 10.8 Å². The van der Waals surface area contributed by atoms with Crippen LogP contribution in [0.15, 0.2) is 0 Å². The normalized spacial score (nSPS) is 27.3. The van der Waals surface area contributed by atoms with Crippen molar-refractivity contribution in [3.63, 3.8) is 0 Å². The zero-order chi connectivity index (χ0) is 10.8. The molecule has 2 fully saturated rings. The van der Waals surface area contributed by atoms with Gasteiger partial charge in [0.25, 0.3) is 5.91 Å². The summed E-state index contributed by atoms with van der Waals surface area (Å²) in [4.78, 5) is 27.2. The van der Waals surface area contributed by atoms with Gasteiger partial charge in [0, 0.05) is 12.5 Å². The number of carbonyl (C=O) groups is 2. The third-order valence-electron chi connectivity index (χ3n) is 2.72. The second kappa shape index (κ2) is 4.16. The fourth-order valence-corrected chi connectivity index (χ4v) is 1.61. The van der Waals surface area contributed by atoms with Gasteiger partial charge < -0.3 is 11.1 Å². The van der Waals surface area contributed by atoms with Crippen molar-refractivity contribution in [3.8, 4) is 0 Å². The standard InChI is InChI=1S/C9H15N3O3/c10-6(5-1-2-5)3-8(13)11-7-4-15-12-9(7)14/h5-7H,1-4,10H2,(H,11,13)(H,12,14)/t6?,7-/m1/s1. The molecule has 0 bridgehead atoms. The van der Waals surface area contributed by atoms with Crippen LogP contribution in [0.3, 0.4) is 0 Å². The lowest BCUT2D eigenvalue weighted by Crippen LogP contribution is -2.43. The largest absolute Gasteiger partial charge is 0.342 e. The lowest BCUT2D eigenvalue weighted by atomic mass is 10.1. The van der Waals surface area contributed by atoms with E-state index >= 15 is 0 Å². The number of rotatable bonds is 4. The molecule has 2 aliphatic rings. The summed E-state index contributed by atoms with van der Waals surface area (Å²) in [5.41, 5.74) is 7.97. The van der Waals surface area contributed by atoms with E-state index in [-0.39, 0.29) is 30.9 Å². The zero-order valence-electron chi connectivity index (χ0n) is 8.36. The van der Waals surface area contributed by atoms with E-state index in [2.05, 4.69) is 15.6 Å². The van der Waals surface area contributed by atoms with E-state index in [1.807, 2.05) is 0 Å². The lowest BCUT2D eigenvalue weighted by molar-refractivity contribution is -0.128. The van der Waals surface area contributed by atoms with Gasteiger partial charge in [0.05, 0.1) is 0 Å². The highest BCUT2D eigenvalue weighted by atomic mass is 16.7. The molecule has 1 aliphatic carbocycles. The monoisotopic (exact) mass is 213 g/mol. The molecule has 0 radical (unpaired) electrons. The minimum atomic E-state index is -0.566. The Morgan fingerprint density at radius 1 is 1.67 bits per heavy atom. The Morgan fingerprint density at radius 3 is 2.93 bits per heavy atom. The molecule has 1 saturated heterocycles. The first-order chi connectivity index (χ1) is 7.16. The molecule has 0 aromatic rings. The molecule has 15 heavy (non-hydrogen) atoms. The molecule has 2 rings (SSSR count). The smallest absolute Gasteiger partial charge is 0.268 e. The summed E-state index contributed by atoms with van der Waals surface area (Å²) in [5.74, 6) is 0.00722. The van der Waals surface area contributed by atoms with Crippen molar-refractivity contribution >= 4 is 11.8 Å². The number of hydroxylamine groups is 1. The summed E-state index contributed by atoms with van der Waals surface area (Å²) < 4.78 is 0. The molecular weight excluding hydrogens is 198 g/mol. The van der Waals surface area contributed by atoms with Crippen molar-refractivity contribution in [3.05, 3.63) is 0 Å². The van der Waals surface area contributed by atoms with Gasteiger partial charge in [-0.2, -0.15) is 0 Å². The van der Waals surface area contributed by atoms with E-state index in [9.17, 15) is 9.59 Å². The Balaban J connectivity index is 1.73. The predicted molar refractivity (Wildman–Crippen MR) is 51.3 cm³/mol. The van der Waals surface area contributed by atoms with Gasteiger partial charge in [-0.15, -0.1) is 0 Å². The van der Waals surface area contributed by atoms with Crippen LogP contribution < -0.4 is 16.5 Å². The molecule has 0 spiro atoms. The first-order valence-corrected chi connectivity index (χ1v) is 5.13. The predicted octanol–water partition coefficient (Wildman–Crippen LogP) is -1.34. The Morgan fingerprint density at radius 2 is 2.40 bits per heavy atom. The van der Waals surface area contributed by atoms with Gasteiger partial charge in [0.2, 0.25) is 5.91 Å². The van der Waals surface area contributed by atoms with Crippen LogP contribution in [0.5, 0.6) is 0 Å². The maximum absolute atomic E-state index is 11.5. The Hall–Kier alpha value is -1.14. The molecule has 2 amide bonds. The van der Waals surface area contributed by atoms with Crippen molar-refractivity contribution in [1.29, 1.82) is 0 Å². The topological polar surface area (TPSA) is 93.5 Å². The van der Waals surface area contributed by atoms with Crippen LogP contribution in [-0.4, -0.2) is 30.5 Å². The van der Waals surface area contributed by atoms with Gasteiger partial charge in [-0.3, -0.25) is 14.4 Å². The first-order valence-electron chi connectivity index (χ1n) is 5.13. The average Bonchev–Trinajstić information content (AvgIpc) is 2.94. The fourth-order valence-electron chi connectivity index (χ4n) is 1.61. The van der Waals surface area contributed by atoms with Crippen molar-refractivity contribution in [2.75, 3.05) is 6.61 Å². The van der Waals surface area contributed by atoms with Crippen LogP contribution in [0.1, 0.15) is 19.3 Å². The summed E-state index contributed by atoms with van der Waals surface area (Å²) in [6.45, 7) is 0.184. The highest BCUT2D eigenvalue weighted by Gasteiger charge is 2.32. The van der Waals surface area contributed by atoms with E-state index in [1.165, 1.54) is 0 Å². The molecular formula is C9H15N3O3. The zero-order valence-corrected chi connectivity index (χ0v) is 8.36. The van der Waals surface area contributed by atoms with E-state index < -0.39 is 6.04 Å². The third kappa shape index (κ3) is 2.66. The molecule has 6 nitrogen and oxygen atoms in total. The van der Waals surface area contributed by atoms with E-state index in [1.54, 1.807) is 0 Å². The quantitative estimate of drug-likeness (QED) is 0.539. The highest BCUT2D eigenvalue weighted by molar-refractivity contribution is 5.88. The second-order valence-electron chi connectivity index (χ2n) is 4.10. The molecule has 84 valence electrons. The van der Waals surface area contributed by atoms with Gasteiger partial charge in [-0.1, -0.05) is 0 Å². The first kappa shape index (κ1) is 10.4. The molecule has 6 heteroatoms. The van der Waals surface area contributed by atoms with Gasteiger partial charge in [0.1, 0.15) is 12.6 Å². The van der Waals surface area contributed by atoms with Crippen LogP contribution in [0.4, 0.5) is 0 Å². The molecule has 0 aromatic heterocycles. The molecule has 4 N–H and O–H groups in total. The maximum atomic E-state index is 11.5. The van der Waals surface area contributed by atoms with E-state index in [4.69, 9.17) is 5.73 Å². The molecule has 1 unspecified atom stereocenters. The van der Waals surface area contributed by atoms with Crippen molar-refractivity contribution in [2.24, 2.45) is 11.7 Å². The maximum Gasteiger partial charge on any atom is 0.268 e.